The van der Waals surface area contributed by atoms with Gasteiger partial charge in [-0.1, -0.05) is 0 Å². The molecule has 2 N–H and O–H groups in total. The number of fused-ring (bicyclic) bond motifs is 1. The number of carbonyl (C=O) groups is 1. The lowest BCUT2D eigenvalue weighted by Crippen LogP contribution is -2.35. The molecule has 0 atom stereocenters. The molecule has 2 rings (SSSR count). The van der Waals surface area contributed by atoms with Crippen LogP contribution >= 0.6 is 23.7 Å². The zero-order chi connectivity index (χ0) is 13.3. The van der Waals surface area contributed by atoms with Crippen molar-refractivity contribution in [1.82, 2.24) is 4.90 Å². The van der Waals surface area contributed by atoms with Gasteiger partial charge in [-0.25, -0.2) is 4.79 Å². The van der Waals surface area contributed by atoms with Gasteiger partial charge in [-0.2, -0.15) is 0 Å². The Morgan fingerprint density at radius 3 is 2.79 bits per heavy atom. The predicted octanol–water partition coefficient (Wildman–Crippen LogP) is 2.70. The van der Waals surface area contributed by atoms with Gasteiger partial charge in [0.15, 0.2) is 0 Å². The molecule has 108 valence electrons. The third kappa shape index (κ3) is 3.22. The summed E-state index contributed by atoms with van der Waals surface area (Å²) in [6.07, 6.45) is 0.884. The van der Waals surface area contributed by atoms with Crippen LogP contribution in [0.3, 0.4) is 0 Å². The van der Waals surface area contributed by atoms with Crippen molar-refractivity contribution in [3.63, 3.8) is 0 Å². The van der Waals surface area contributed by atoms with Crippen molar-refractivity contribution in [2.24, 2.45) is 0 Å². The Kier molecular flexibility index (Phi) is 5.64. The second-order valence-corrected chi connectivity index (χ2v) is 5.91. The molecule has 0 aliphatic carbocycles. The van der Waals surface area contributed by atoms with Crippen LogP contribution < -0.4 is 5.73 Å². The first-order valence-corrected chi connectivity index (χ1v) is 7.17. The van der Waals surface area contributed by atoms with Gasteiger partial charge in [0.2, 0.25) is 0 Å². The minimum atomic E-state index is -0.273. The van der Waals surface area contributed by atoms with E-state index in [0.29, 0.717) is 23.2 Å². The third-order valence-corrected chi connectivity index (χ3v) is 4.37. The van der Waals surface area contributed by atoms with Gasteiger partial charge in [0.25, 0.3) is 0 Å². The van der Waals surface area contributed by atoms with Crippen LogP contribution in [-0.2, 0) is 17.7 Å². The van der Waals surface area contributed by atoms with Gasteiger partial charge in [0, 0.05) is 24.0 Å². The number of rotatable bonds is 3. The third-order valence-electron chi connectivity index (χ3n) is 3.32. The van der Waals surface area contributed by atoms with Gasteiger partial charge in [-0.3, -0.25) is 4.90 Å². The second-order valence-electron chi connectivity index (χ2n) is 4.78. The molecule has 2 heterocycles. The van der Waals surface area contributed by atoms with Crippen LogP contribution in [0, 0.1) is 0 Å². The van der Waals surface area contributed by atoms with E-state index in [1.54, 1.807) is 0 Å². The van der Waals surface area contributed by atoms with E-state index in [1.807, 2.05) is 6.92 Å². The van der Waals surface area contributed by atoms with E-state index in [0.717, 1.165) is 25.1 Å². The van der Waals surface area contributed by atoms with Crippen LogP contribution in [-0.4, -0.2) is 30.1 Å². The zero-order valence-corrected chi connectivity index (χ0v) is 13.2. The fourth-order valence-corrected chi connectivity index (χ4v) is 3.44. The quantitative estimate of drug-likeness (QED) is 0.872. The van der Waals surface area contributed by atoms with Crippen molar-refractivity contribution in [2.75, 3.05) is 18.9 Å². The topological polar surface area (TPSA) is 55.6 Å². The normalized spacial score (nSPS) is 14.9. The highest BCUT2D eigenvalue weighted by molar-refractivity contribution is 7.16. The lowest BCUT2D eigenvalue weighted by Gasteiger charge is -2.30. The first-order chi connectivity index (χ1) is 8.54. The highest BCUT2D eigenvalue weighted by Gasteiger charge is 2.28. The van der Waals surface area contributed by atoms with Crippen molar-refractivity contribution >= 4 is 34.7 Å². The van der Waals surface area contributed by atoms with Crippen LogP contribution in [0.2, 0.25) is 0 Å². The average molecular weight is 305 g/mol. The maximum Gasteiger partial charge on any atom is 0.341 e. The van der Waals surface area contributed by atoms with Crippen LogP contribution in [0.1, 0.15) is 41.6 Å². The Morgan fingerprint density at radius 2 is 2.21 bits per heavy atom. The lowest BCUT2D eigenvalue weighted by atomic mass is 10.0. The summed E-state index contributed by atoms with van der Waals surface area (Å²) in [4.78, 5) is 15.5. The van der Waals surface area contributed by atoms with Crippen LogP contribution in [0.25, 0.3) is 0 Å². The van der Waals surface area contributed by atoms with E-state index in [9.17, 15) is 4.79 Å². The maximum atomic E-state index is 11.9. The summed E-state index contributed by atoms with van der Waals surface area (Å²) in [7, 11) is 0. The molecular weight excluding hydrogens is 284 g/mol. The average Bonchev–Trinajstić information content (AvgIpc) is 2.63. The van der Waals surface area contributed by atoms with Crippen molar-refractivity contribution in [3.8, 4) is 0 Å². The standard InChI is InChI=1S/C13H20N2O2S.ClH/c1-4-17-13(16)11-9-5-6-15(8(2)3)7-10(9)18-12(11)14;/h8H,4-7,14H2,1-3H3;1H. The molecule has 0 spiro atoms. The molecule has 1 aliphatic rings. The summed E-state index contributed by atoms with van der Waals surface area (Å²) < 4.78 is 5.08. The molecule has 0 saturated heterocycles. The number of hydrogen-bond donors (Lipinski definition) is 1. The molecule has 0 aromatic carbocycles. The minimum absolute atomic E-state index is 0. The summed E-state index contributed by atoms with van der Waals surface area (Å²) in [5.74, 6) is -0.273. The molecule has 1 aromatic rings. The van der Waals surface area contributed by atoms with Crippen LogP contribution in [0.5, 0.6) is 0 Å². The summed E-state index contributed by atoms with van der Waals surface area (Å²) >= 11 is 1.53. The number of nitrogens with two attached hydrogens (primary N) is 1. The second kappa shape index (κ2) is 6.59. The monoisotopic (exact) mass is 304 g/mol. The number of hydrogen-bond acceptors (Lipinski definition) is 5. The van der Waals surface area contributed by atoms with Gasteiger partial charge in [0.1, 0.15) is 5.00 Å². The number of anilines is 1. The van der Waals surface area contributed by atoms with Crippen molar-refractivity contribution in [2.45, 2.75) is 39.8 Å². The number of halogens is 1. The van der Waals surface area contributed by atoms with Gasteiger partial charge in [0.05, 0.1) is 12.2 Å². The summed E-state index contributed by atoms with van der Waals surface area (Å²) in [5, 5.41) is 0.601. The Hall–Kier alpha value is -0.780. The Morgan fingerprint density at radius 1 is 1.53 bits per heavy atom. The number of ether oxygens (including phenoxy) is 1. The number of esters is 1. The molecule has 6 heteroatoms. The smallest absolute Gasteiger partial charge is 0.341 e. The van der Waals surface area contributed by atoms with E-state index >= 15 is 0 Å². The highest BCUT2D eigenvalue weighted by Crippen LogP contribution is 2.35. The molecule has 0 fully saturated rings. The van der Waals surface area contributed by atoms with Crippen molar-refractivity contribution < 1.29 is 9.53 Å². The molecule has 1 aromatic heterocycles. The first kappa shape index (κ1) is 16.3. The first-order valence-electron chi connectivity index (χ1n) is 6.35. The van der Waals surface area contributed by atoms with E-state index < -0.39 is 0 Å². The zero-order valence-electron chi connectivity index (χ0n) is 11.6. The SMILES string of the molecule is CCOC(=O)c1c(N)sc2c1CCN(C(C)C)C2.Cl. The molecule has 0 amide bonds. The lowest BCUT2D eigenvalue weighted by molar-refractivity contribution is 0.0526. The van der Waals surface area contributed by atoms with Gasteiger partial charge in [-0.15, -0.1) is 23.7 Å². The fourth-order valence-electron chi connectivity index (χ4n) is 2.31. The van der Waals surface area contributed by atoms with Gasteiger partial charge >= 0.3 is 5.97 Å². The number of thiophene rings is 1. The van der Waals surface area contributed by atoms with E-state index in [4.69, 9.17) is 10.5 Å². The Balaban J connectivity index is 0.00000180. The molecule has 1 aliphatic heterocycles. The summed E-state index contributed by atoms with van der Waals surface area (Å²) in [5.41, 5.74) is 7.69. The number of carbonyl (C=O) groups excluding carboxylic acids is 1. The van der Waals surface area contributed by atoms with E-state index in [2.05, 4.69) is 18.7 Å². The van der Waals surface area contributed by atoms with Gasteiger partial charge in [-0.05, 0) is 32.8 Å². The highest BCUT2D eigenvalue weighted by atomic mass is 35.5. The van der Waals surface area contributed by atoms with Crippen LogP contribution in [0.4, 0.5) is 5.00 Å². The molecule has 0 radical (unpaired) electrons. The Labute approximate surface area is 124 Å². The number of nitrogens with zero attached hydrogens (tertiary/aromatic N) is 1. The molecule has 4 nitrogen and oxygen atoms in total. The molecule has 19 heavy (non-hydrogen) atoms. The molecular formula is C13H21ClN2O2S. The van der Waals surface area contributed by atoms with Crippen molar-refractivity contribution in [1.29, 1.82) is 0 Å². The van der Waals surface area contributed by atoms with Crippen molar-refractivity contribution in [3.05, 3.63) is 16.0 Å². The van der Waals surface area contributed by atoms with E-state index in [-0.39, 0.29) is 18.4 Å². The summed E-state index contributed by atoms with van der Waals surface area (Å²) in [6, 6.07) is 0.521. The summed E-state index contributed by atoms with van der Waals surface area (Å²) in [6.45, 7) is 8.45. The van der Waals surface area contributed by atoms with Gasteiger partial charge < -0.3 is 10.5 Å². The molecule has 0 bridgehead atoms. The largest absolute Gasteiger partial charge is 0.462 e. The maximum absolute atomic E-state index is 11.9. The Bertz CT molecular complexity index is 460. The minimum Gasteiger partial charge on any atom is -0.462 e. The molecule has 0 unspecified atom stereocenters. The predicted molar refractivity (Wildman–Crippen MR) is 81.2 cm³/mol. The van der Waals surface area contributed by atoms with E-state index in [1.165, 1.54) is 16.2 Å². The fraction of sp³-hybridized carbons (Fsp3) is 0.615. The number of nitrogen functional groups attached to an aromatic ring is 1. The van der Waals surface area contributed by atoms with Crippen LogP contribution in [0.15, 0.2) is 0 Å². The molecule has 0 saturated carbocycles.